The minimum Gasteiger partial charge on any atom is -0.372 e. The quantitative estimate of drug-likeness (QED) is 0.647. The van der Waals surface area contributed by atoms with E-state index in [-0.39, 0.29) is 28.7 Å². The van der Waals surface area contributed by atoms with Crippen molar-refractivity contribution < 1.29 is 0 Å². The number of hydrogen-bond donors (Lipinski definition) is 2. The minimum atomic E-state index is -0.647. The third-order valence-corrected chi connectivity index (χ3v) is 3.98. The van der Waals surface area contributed by atoms with Gasteiger partial charge in [0.25, 0.3) is 16.4 Å². The monoisotopic (exact) mass is 339 g/mol. The summed E-state index contributed by atoms with van der Waals surface area (Å²) < 4.78 is 1.39. The van der Waals surface area contributed by atoms with Gasteiger partial charge in [0.15, 0.2) is 0 Å². The molecule has 0 aliphatic rings. The summed E-state index contributed by atoms with van der Waals surface area (Å²) in [6.45, 7) is 1.94. The number of anilines is 3. The molecule has 0 aliphatic heterocycles. The van der Waals surface area contributed by atoms with Crippen molar-refractivity contribution in [3.05, 3.63) is 73.4 Å². The second kappa shape index (κ2) is 6.68. The lowest BCUT2D eigenvalue weighted by Crippen LogP contribution is -2.38. The van der Waals surface area contributed by atoms with Crippen molar-refractivity contribution in [1.29, 1.82) is 0 Å². The van der Waals surface area contributed by atoms with Crippen LogP contribution in [0.3, 0.4) is 0 Å². The Hall–Kier alpha value is -3.29. The lowest BCUT2D eigenvalue weighted by molar-refractivity contribution is 0.717. The van der Waals surface area contributed by atoms with Gasteiger partial charge >= 0.3 is 0 Å². The van der Waals surface area contributed by atoms with Crippen LogP contribution in [0, 0.1) is 0 Å². The Kier molecular flexibility index (Phi) is 4.42. The van der Waals surface area contributed by atoms with E-state index in [1.165, 1.54) is 10.9 Å². The van der Waals surface area contributed by atoms with Crippen LogP contribution in [0.1, 0.15) is 25.1 Å². The van der Waals surface area contributed by atoms with Crippen molar-refractivity contribution in [2.45, 2.75) is 19.4 Å². The summed E-state index contributed by atoms with van der Waals surface area (Å²) in [5.41, 5.74) is -0.331. The third kappa shape index (κ3) is 3.06. The van der Waals surface area contributed by atoms with E-state index in [9.17, 15) is 14.4 Å². The summed E-state index contributed by atoms with van der Waals surface area (Å²) in [6, 6.07) is 4.74. The molecule has 3 aromatic rings. The highest BCUT2D eigenvalue weighted by Gasteiger charge is 2.24. The van der Waals surface area contributed by atoms with Crippen LogP contribution in [-0.2, 0) is 7.05 Å². The molecule has 2 aromatic heterocycles. The summed E-state index contributed by atoms with van der Waals surface area (Å²) in [6.07, 6.45) is 5.30. The summed E-state index contributed by atoms with van der Waals surface area (Å²) in [5.74, 6) is 0. The molecule has 128 valence electrons. The maximum Gasteiger partial charge on any atom is 0.273 e. The zero-order chi connectivity index (χ0) is 18.0. The predicted octanol–water partition coefficient (Wildman–Crippen LogP) is 1.08. The van der Waals surface area contributed by atoms with Gasteiger partial charge in [0.1, 0.15) is 23.4 Å². The van der Waals surface area contributed by atoms with Crippen molar-refractivity contribution in [3.63, 3.8) is 0 Å². The first-order chi connectivity index (χ1) is 12.0. The number of aromatic nitrogens is 3. The smallest absolute Gasteiger partial charge is 0.273 e. The Bertz CT molecular complexity index is 1020. The molecule has 0 spiro atoms. The van der Waals surface area contributed by atoms with E-state index in [0.29, 0.717) is 12.1 Å². The van der Waals surface area contributed by atoms with Gasteiger partial charge in [-0.15, -0.1) is 0 Å². The first kappa shape index (κ1) is 16.6. The molecule has 1 unspecified atom stereocenters. The van der Waals surface area contributed by atoms with Crippen LogP contribution in [0.4, 0.5) is 17.1 Å². The van der Waals surface area contributed by atoms with Gasteiger partial charge in [-0.05, 0) is 24.6 Å². The lowest BCUT2D eigenvalue weighted by atomic mass is 10.1. The van der Waals surface area contributed by atoms with Gasteiger partial charge in [-0.25, -0.2) is 9.97 Å². The van der Waals surface area contributed by atoms with Crippen LogP contribution >= 0.6 is 0 Å². The molecule has 8 nitrogen and oxygen atoms in total. The summed E-state index contributed by atoms with van der Waals surface area (Å²) >= 11 is 0. The Morgan fingerprint density at radius 2 is 1.92 bits per heavy atom. The number of rotatable bonds is 6. The molecule has 0 aliphatic carbocycles. The van der Waals surface area contributed by atoms with Gasteiger partial charge in [-0.2, -0.15) is 0 Å². The van der Waals surface area contributed by atoms with Gasteiger partial charge in [0, 0.05) is 19.4 Å². The maximum absolute atomic E-state index is 12.1. The second-order valence-electron chi connectivity index (χ2n) is 5.61. The zero-order valence-corrected chi connectivity index (χ0v) is 13.8. The Balaban J connectivity index is 1.90. The van der Waals surface area contributed by atoms with Crippen LogP contribution in [0.15, 0.2) is 51.3 Å². The summed E-state index contributed by atoms with van der Waals surface area (Å²) in [7, 11) is 1.61. The van der Waals surface area contributed by atoms with Gasteiger partial charge in [0.05, 0.1) is 11.7 Å². The van der Waals surface area contributed by atoms with Crippen LogP contribution in [0.5, 0.6) is 0 Å². The van der Waals surface area contributed by atoms with Crippen molar-refractivity contribution in [2.24, 2.45) is 7.05 Å². The molecule has 0 radical (unpaired) electrons. The molecule has 0 amide bonds. The summed E-state index contributed by atoms with van der Waals surface area (Å²) in [4.78, 5) is 44.0. The first-order valence-electron chi connectivity index (χ1n) is 7.81. The fourth-order valence-corrected chi connectivity index (χ4v) is 2.54. The van der Waals surface area contributed by atoms with E-state index in [1.807, 2.05) is 6.92 Å². The van der Waals surface area contributed by atoms with Gasteiger partial charge < -0.3 is 15.2 Å². The van der Waals surface area contributed by atoms with E-state index in [0.717, 1.165) is 0 Å². The zero-order valence-electron chi connectivity index (χ0n) is 13.8. The summed E-state index contributed by atoms with van der Waals surface area (Å²) in [5, 5.41) is 5.83. The SMILES string of the molecule is CCC(Nc1c(Nc2cccn(C)c2=O)c(=O)c1=O)c1ccncn1. The largest absolute Gasteiger partial charge is 0.372 e. The molecule has 0 saturated carbocycles. The molecular formula is C17H17N5O3. The average molecular weight is 339 g/mol. The molecule has 25 heavy (non-hydrogen) atoms. The van der Waals surface area contributed by atoms with Crippen molar-refractivity contribution in [1.82, 2.24) is 14.5 Å². The van der Waals surface area contributed by atoms with Crippen LogP contribution < -0.4 is 27.1 Å². The molecule has 0 bridgehead atoms. The maximum atomic E-state index is 12.1. The molecule has 8 heteroatoms. The van der Waals surface area contributed by atoms with E-state index in [4.69, 9.17) is 0 Å². The number of aryl methyl sites for hydroxylation is 1. The average Bonchev–Trinajstić information content (AvgIpc) is 2.64. The van der Waals surface area contributed by atoms with E-state index < -0.39 is 10.9 Å². The fourth-order valence-electron chi connectivity index (χ4n) is 2.54. The Labute approximate surface area is 142 Å². The van der Waals surface area contributed by atoms with E-state index >= 15 is 0 Å². The van der Waals surface area contributed by atoms with Crippen LogP contribution in [0.2, 0.25) is 0 Å². The number of hydrogen-bond acceptors (Lipinski definition) is 7. The lowest BCUT2D eigenvalue weighted by Gasteiger charge is -2.21. The van der Waals surface area contributed by atoms with Crippen molar-refractivity contribution in [2.75, 3.05) is 10.6 Å². The molecular weight excluding hydrogens is 322 g/mol. The first-order valence-corrected chi connectivity index (χ1v) is 7.81. The fraction of sp³-hybridized carbons (Fsp3) is 0.235. The van der Waals surface area contributed by atoms with Crippen LogP contribution in [0.25, 0.3) is 0 Å². The molecule has 1 aromatic carbocycles. The Morgan fingerprint density at radius 1 is 1.16 bits per heavy atom. The predicted molar refractivity (Wildman–Crippen MR) is 95.0 cm³/mol. The third-order valence-electron chi connectivity index (χ3n) is 3.98. The van der Waals surface area contributed by atoms with E-state index in [2.05, 4.69) is 20.6 Å². The van der Waals surface area contributed by atoms with Crippen LogP contribution in [-0.4, -0.2) is 14.5 Å². The van der Waals surface area contributed by atoms with Gasteiger partial charge in [0.2, 0.25) is 0 Å². The second-order valence-corrected chi connectivity index (χ2v) is 5.61. The van der Waals surface area contributed by atoms with Crippen molar-refractivity contribution >= 4 is 17.1 Å². The standard InChI is InChI=1S/C17H17N5O3/c1-3-10(11-6-7-18-9-19-11)20-13-14(16(24)15(13)23)21-12-5-4-8-22(2)17(12)25/h4-10,20-21H,3H2,1-2H3. The topological polar surface area (TPSA) is 106 Å². The van der Waals surface area contributed by atoms with Gasteiger partial charge in [-0.3, -0.25) is 14.4 Å². The molecule has 0 fully saturated rings. The molecule has 1 atom stereocenters. The van der Waals surface area contributed by atoms with Crippen molar-refractivity contribution in [3.8, 4) is 0 Å². The Morgan fingerprint density at radius 3 is 2.60 bits per heavy atom. The normalized spacial score (nSPS) is 12.1. The molecule has 2 heterocycles. The molecule has 0 saturated heterocycles. The molecule has 3 rings (SSSR count). The van der Waals surface area contributed by atoms with Gasteiger partial charge in [-0.1, -0.05) is 6.92 Å². The molecule has 2 N–H and O–H groups in total. The number of nitrogens with one attached hydrogen (secondary N) is 2. The number of pyridine rings is 1. The van der Waals surface area contributed by atoms with E-state index in [1.54, 1.807) is 37.6 Å². The highest BCUT2D eigenvalue weighted by molar-refractivity contribution is 5.78. The highest BCUT2D eigenvalue weighted by atomic mass is 16.2. The number of nitrogens with zero attached hydrogens (tertiary/aromatic N) is 3. The minimum absolute atomic E-state index is 0.0980. The highest BCUT2D eigenvalue weighted by Crippen LogP contribution is 2.25.